The van der Waals surface area contributed by atoms with E-state index < -0.39 is 0 Å². The van der Waals surface area contributed by atoms with Crippen molar-refractivity contribution in [2.24, 2.45) is 10.9 Å². The van der Waals surface area contributed by atoms with E-state index >= 15 is 0 Å². The molecule has 1 unspecified atom stereocenters. The lowest BCUT2D eigenvalue weighted by Gasteiger charge is -2.13. The van der Waals surface area contributed by atoms with Gasteiger partial charge >= 0.3 is 0 Å². The van der Waals surface area contributed by atoms with Crippen LogP contribution in [0.25, 0.3) is 0 Å². The predicted molar refractivity (Wildman–Crippen MR) is 115 cm³/mol. The summed E-state index contributed by atoms with van der Waals surface area (Å²) in [7, 11) is 0. The summed E-state index contributed by atoms with van der Waals surface area (Å²) in [5.74, 6) is 1.64. The van der Waals surface area contributed by atoms with Crippen LogP contribution in [0.15, 0.2) is 11.2 Å². The summed E-state index contributed by atoms with van der Waals surface area (Å²) < 4.78 is 0. The van der Waals surface area contributed by atoms with Crippen LogP contribution in [0.1, 0.15) is 37.1 Å². The predicted octanol–water partition coefficient (Wildman–Crippen LogP) is 2.76. The summed E-state index contributed by atoms with van der Waals surface area (Å²) in [5, 5.41) is 7.99. The number of hydrogen-bond acceptors (Lipinski definition) is 4. The van der Waals surface area contributed by atoms with Gasteiger partial charge in [0, 0.05) is 43.7 Å². The number of nitrogens with one attached hydrogen (secondary N) is 2. The number of nitrogens with zero attached hydrogens (tertiary/aromatic N) is 3. The molecule has 1 aliphatic rings. The Labute approximate surface area is 167 Å². The molecule has 1 atom stereocenters. The summed E-state index contributed by atoms with van der Waals surface area (Å²) in [6, 6.07) is 0. The van der Waals surface area contributed by atoms with Crippen molar-refractivity contribution in [2.75, 3.05) is 39.3 Å². The number of hydrogen-bond donors (Lipinski definition) is 2. The van der Waals surface area contributed by atoms with Gasteiger partial charge in [0.2, 0.25) is 0 Å². The molecule has 5 nitrogen and oxygen atoms in total. The van der Waals surface area contributed by atoms with Gasteiger partial charge in [-0.3, -0.25) is 4.99 Å². The maximum atomic E-state index is 4.77. The molecule has 1 saturated heterocycles. The molecule has 0 radical (unpaired) electrons. The zero-order valence-corrected chi connectivity index (χ0v) is 18.3. The van der Waals surface area contributed by atoms with Gasteiger partial charge in [-0.2, -0.15) is 0 Å². The van der Waals surface area contributed by atoms with Crippen LogP contribution < -0.4 is 10.6 Å². The monoisotopic (exact) mass is 465 g/mol. The number of likely N-dealkylation sites (tertiary alicyclic amines) is 1. The number of aromatic nitrogens is 1. The van der Waals surface area contributed by atoms with Gasteiger partial charge in [-0.25, -0.2) is 4.98 Å². The van der Waals surface area contributed by atoms with E-state index in [0.717, 1.165) is 45.0 Å². The van der Waals surface area contributed by atoms with Crippen molar-refractivity contribution in [3.63, 3.8) is 0 Å². The normalized spacial score (nSPS) is 18.5. The highest BCUT2D eigenvalue weighted by Crippen LogP contribution is 2.16. The number of rotatable bonds is 8. The highest BCUT2D eigenvalue weighted by molar-refractivity contribution is 14.0. The smallest absolute Gasteiger partial charge is 0.191 e. The highest BCUT2D eigenvalue weighted by Gasteiger charge is 2.20. The van der Waals surface area contributed by atoms with Gasteiger partial charge in [-0.15, -0.1) is 35.3 Å². The average Bonchev–Trinajstić information content (AvgIpc) is 3.21. The second-order valence-electron chi connectivity index (χ2n) is 6.02. The molecule has 7 heteroatoms. The zero-order valence-electron chi connectivity index (χ0n) is 15.2. The number of aliphatic imine (C=N–C) groups is 1. The second-order valence-corrected chi connectivity index (χ2v) is 7.22. The lowest BCUT2D eigenvalue weighted by Crippen LogP contribution is -2.38. The van der Waals surface area contributed by atoms with E-state index in [-0.39, 0.29) is 24.0 Å². The van der Waals surface area contributed by atoms with Gasteiger partial charge in [-0.1, -0.05) is 13.8 Å². The first-order chi connectivity index (χ1) is 11.2. The molecule has 2 N–H and O–H groups in total. The third-order valence-electron chi connectivity index (χ3n) is 4.25. The highest BCUT2D eigenvalue weighted by atomic mass is 127. The van der Waals surface area contributed by atoms with Crippen molar-refractivity contribution in [1.29, 1.82) is 0 Å². The first-order valence-corrected chi connectivity index (χ1v) is 9.74. The van der Waals surface area contributed by atoms with Crippen LogP contribution in [0.4, 0.5) is 0 Å². The van der Waals surface area contributed by atoms with E-state index in [1.54, 1.807) is 0 Å². The third kappa shape index (κ3) is 7.23. The fourth-order valence-electron chi connectivity index (χ4n) is 2.83. The minimum absolute atomic E-state index is 0. The van der Waals surface area contributed by atoms with Crippen LogP contribution in [0, 0.1) is 5.92 Å². The number of guanidine groups is 1. The summed E-state index contributed by atoms with van der Waals surface area (Å²) in [4.78, 5) is 13.1. The van der Waals surface area contributed by atoms with Crippen LogP contribution in [-0.2, 0) is 12.8 Å². The second kappa shape index (κ2) is 12.0. The number of aryl methyl sites for hydroxylation is 1. The summed E-state index contributed by atoms with van der Waals surface area (Å²) in [5.41, 5.74) is 0. The minimum Gasteiger partial charge on any atom is -0.357 e. The lowest BCUT2D eigenvalue weighted by molar-refractivity contribution is 0.343. The maximum absolute atomic E-state index is 4.77. The topological polar surface area (TPSA) is 52.6 Å². The lowest BCUT2D eigenvalue weighted by atomic mass is 10.1. The Morgan fingerprint density at radius 3 is 2.83 bits per heavy atom. The van der Waals surface area contributed by atoms with E-state index in [1.165, 1.54) is 29.4 Å². The quantitative estimate of drug-likeness (QED) is 0.352. The fraction of sp³-hybridized carbons (Fsp3) is 0.765. The zero-order chi connectivity index (χ0) is 16.5. The van der Waals surface area contributed by atoms with E-state index in [2.05, 4.69) is 41.3 Å². The van der Waals surface area contributed by atoms with Crippen LogP contribution in [0.3, 0.4) is 0 Å². The first kappa shape index (κ1) is 21.6. The van der Waals surface area contributed by atoms with Crippen LogP contribution in [0.2, 0.25) is 0 Å². The molecule has 1 fully saturated rings. The standard InChI is InChI=1S/C17H31N5S.HI/c1-4-15-12-20-16(23-15)7-9-19-17(18-5-2)21-11-14-8-10-22(6-3)13-14;/h12,14H,4-11,13H2,1-3H3,(H2,18,19,21);1H. The summed E-state index contributed by atoms with van der Waals surface area (Å²) in [6.45, 7) is 12.8. The number of halogens is 1. The van der Waals surface area contributed by atoms with E-state index in [0.29, 0.717) is 5.92 Å². The molecule has 1 aromatic heterocycles. The van der Waals surface area contributed by atoms with Gasteiger partial charge in [0.05, 0.1) is 5.01 Å². The Morgan fingerprint density at radius 1 is 1.38 bits per heavy atom. The molecule has 1 aliphatic heterocycles. The summed E-state index contributed by atoms with van der Waals surface area (Å²) in [6.07, 6.45) is 5.31. The Morgan fingerprint density at radius 2 is 2.21 bits per heavy atom. The van der Waals surface area contributed by atoms with Crippen molar-refractivity contribution >= 4 is 41.3 Å². The molecule has 138 valence electrons. The Balaban J connectivity index is 0.00000288. The molecule has 0 aliphatic carbocycles. The van der Waals surface area contributed by atoms with Gasteiger partial charge in [0.1, 0.15) is 0 Å². The van der Waals surface area contributed by atoms with E-state index in [1.807, 2.05) is 17.5 Å². The Hall–Kier alpha value is -0.410. The Kier molecular flexibility index (Phi) is 10.8. The van der Waals surface area contributed by atoms with Gasteiger partial charge in [-0.05, 0) is 38.8 Å². The van der Waals surface area contributed by atoms with Gasteiger partial charge in [0.15, 0.2) is 5.96 Å². The third-order valence-corrected chi connectivity index (χ3v) is 5.45. The summed E-state index contributed by atoms with van der Waals surface area (Å²) >= 11 is 1.82. The van der Waals surface area contributed by atoms with Crippen LogP contribution in [0.5, 0.6) is 0 Å². The average molecular weight is 465 g/mol. The molecule has 0 spiro atoms. The van der Waals surface area contributed by atoms with Gasteiger partial charge < -0.3 is 15.5 Å². The first-order valence-electron chi connectivity index (χ1n) is 8.93. The molecular formula is C17H32IN5S. The molecule has 0 aromatic carbocycles. The van der Waals surface area contributed by atoms with Crippen molar-refractivity contribution < 1.29 is 0 Å². The minimum atomic E-state index is 0. The van der Waals surface area contributed by atoms with Crippen LogP contribution in [-0.4, -0.2) is 55.1 Å². The van der Waals surface area contributed by atoms with Gasteiger partial charge in [0.25, 0.3) is 0 Å². The molecule has 2 rings (SSSR count). The molecular weight excluding hydrogens is 433 g/mol. The Bertz CT molecular complexity index is 491. The molecule has 0 saturated carbocycles. The fourth-order valence-corrected chi connectivity index (χ4v) is 3.69. The van der Waals surface area contributed by atoms with Crippen molar-refractivity contribution in [3.8, 4) is 0 Å². The molecule has 0 bridgehead atoms. The largest absolute Gasteiger partial charge is 0.357 e. The molecule has 0 amide bonds. The number of thiazole rings is 1. The van der Waals surface area contributed by atoms with Crippen molar-refractivity contribution in [3.05, 3.63) is 16.1 Å². The van der Waals surface area contributed by atoms with Crippen molar-refractivity contribution in [2.45, 2.75) is 40.0 Å². The maximum Gasteiger partial charge on any atom is 0.191 e. The molecule has 24 heavy (non-hydrogen) atoms. The van der Waals surface area contributed by atoms with Crippen LogP contribution >= 0.6 is 35.3 Å². The van der Waals surface area contributed by atoms with E-state index in [4.69, 9.17) is 4.99 Å². The SMILES string of the molecule is CCNC(=NCC1CCN(CC)C1)NCCc1ncc(CC)s1.I. The molecule has 1 aromatic rings. The van der Waals surface area contributed by atoms with Crippen molar-refractivity contribution in [1.82, 2.24) is 20.5 Å². The molecule has 2 heterocycles. The van der Waals surface area contributed by atoms with E-state index in [9.17, 15) is 0 Å².